The minimum atomic E-state index is -0.710. The lowest BCUT2D eigenvalue weighted by Crippen LogP contribution is -2.07. The van der Waals surface area contributed by atoms with Crippen molar-refractivity contribution in [3.8, 4) is 29.3 Å². The van der Waals surface area contributed by atoms with Crippen molar-refractivity contribution in [2.75, 3.05) is 7.11 Å². The van der Waals surface area contributed by atoms with E-state index in [0.29, 0.717) is 0 Å². The summed E-state index contributed by atoms with van der Waals surface area (Å²) in [6.45, 7) is 0.0859. The molecule has 2 heterocycles. The van der Waals surface area contributed by atoms with E-state index in [9.17, 15) is 4.79 Å². The van der Waals surface area contributed by atoms with E-state index in [2.05, 4.69) is 29.9 Å². The van der Waals surface area contributed by atoms with Crippen LogP contribution in [-0.2, 0) is 11.3 Å². The first-order chi connectivity index (χ1) is 17.3. The minimum Gasteiger partial charge on any atom is -0.482 e. The van der Waals surface area contributed by atoms with Crippen LogP contribution in [0.1, 0.15) is 15.9 Å². The van der Waals surface area contributed by atoms with Gasteiger partial charge in [0.2, 0.25) is 26.9 Å². The minimum absolute atomic E-state index is 0.0202. The molecule has 0 saturated carbocycles. The largest absolute Gasteiger partial charge is 0.482 e. The molecule has 4 rings (SSSR count). The lowest BCUT2D eigenvalue weighted by Gasteiger charge is -2.17. The van der Waals surface area contributed by atoms with Crippen molar-refractivity contribution in [1.29, 1.82) is 0 Å². The monoisotopic (exact) mass is 568 g/mol. The van der Waals surface area contributed by atoms with Gasteiger partial charge in [-0.25, -0.2) is 4.79 Å². The number of carbonyl (C=O) groups is 1. The van der Waals surface area contributed by atoms with Gasteiger partial charge in [0.15, 0.2) is 11.5 Å². The Kier molecular flexibility index (Phi) is 8.16. The highest BCUT2D eigenvalue weighted by molar-refractivity contribution is 6.31. The number of benzene rings is 2. The third-order valence-electron chi connectivity index (χ3n) is 4.19. The van der Waals surface area contributed by atoms with Crippen LogP contribution in [0.3, 0.4) is 0 Å². The van der Waals surface area contributed by atoms with Crippen molar-refractivity contribution >= 4 is 52.4 Å². The van der Waals surface area contributed by atoms with E-state index < -0.39 is 5.97 Å². The van der Waals surface area contributed by atoms with E-state index in [1.54, 1.807) is 0 Å². The van der Waals surface area contributed by atoms with Gasteiger partial charge in [-0.05, 0) is 64.1 Å². The van der Waals surface area contributed by atoms with Gasteiger partial charge in [0.25, 0.3) is 0 Å². The summed E-state index contributed by atoms with van der Waals surface area (Å²) >= 11 is 23.5. The predicted octanol–water partition coefficient (Wildman–Crippen LogP) is 5.62. The second-order valence-electron chi connectivity index (χ2n) is 6.58. The standard InChI is InChI=1S/C21H12Cl4N6O5/c1-33-15(32)11-7-12(35-20-28-16(22)26-17(23)29-20)14(34-9-10-5-3-2-4-6-10)13(8-11)36-21-30-18(24)27-19(25)31-21/h2-8H,9H2,1H3. The summed E-state index contributed by atoms with van der Waals surface area (Å²) < 4.78 is 22.4. The molecule has 0 saturated heterocycles. The molecule has 0 aliphatic heterocycles. The summed E-state index contributed by atoms with van der Waals surface area (Å²) in [5.41, 5.74) is 0.844. The van der Waals surface area contributed by atoms with E-state index in [-0.39, 0.29) is 62.6 Å². The van der Waals surface area contributed by atoms with Gasteiger partial charge in [-0.1, -0.05) is 30.3 Å². The summed E-state index contributed by atoms with van der Waals surface area (Å²) in [5.74, 6) is -0.786. The Balaban J connectivity index is 1.83. The van der Waals surface area contributed by atoms with Gasteiger partial charge < -0.3 is 18.9 Å². The summed E-state index contributed by atoms with van der Waals surface area (Å²) in [6.07, 6.45) is 0. The molecular weight excluding hydrogens is 558 g/mol. The van der Waals surface area contributed by atoms with E-state index >= 15 is 0 Å². The molecule has 0 spiro atoms. The zero-order valence-corrected chi connectivity index (χ0v) is 21.0. The molecule has 2 aromatic carbocycles. The second-order valence-corrected chi connectivity index (χ2v) is 7.94. The number of rotatable bonds is 8. The number of hydrogen-bond donors (Lipinski definition) is 0. The molecule has 0 bridgehead atoms. The van der Waals surface area contributed by atoms with Crippen molar-refractivity contribution in [2.45, 2.75) is 6.61 Å². The van der Waals surface area contributed by atoms with Crippen molar-refractivity contribution in [1.82, 2.24) is 29.9 Å². The van der Waals surface area contributed by atoms with Crippen LogP contribution < -0.4 is 14.2 Å². The smallest absolute Gasteiger partial charge is 0.338 e. The van der Waals surface area contributed by atoms with Crippen molar-refractivity contribution in [3.05, 3.63) is 74.7 Å². The van der Waals surface area contributed by atoms with Crippen molar-refractivity contribution in [3.63, 3.8) is 0 Å². The number of methoxy groups -OCH3 is 1. The van der Waals surface area contributed by atoms with Crippen LogP contribution >= 0.6 is 46.4 Å². The second kappa shape index (κ2) is 11.5. The third kappa shape index (κ3) is 6.58. The summed E-state index contributed by atoms with van der Waals surface area (Å²) in [4.78, 5) is 35.2. The maximum absolute atomic E-state index is 12.4. The van der Waals surface area contributed by atoms with Gasteiger partial charge in [-0.3, -0.25) is 0 Å². The number of carbonyl (C=O) groups excluding carboxylic acids is 1. The molecule has 0 aliphatic rings. The number of ether oxygens (including phenoxy) is 4. The first-order valence-electron chi connectivity index (χ1n) is 9.73. The topological polar surface area (TPSA) is 131 Å². The average molecular weight is 570 g/mol. The summed E-state index contributed by atoms with van der Waals surface area (Å²) in [5, 5.41) is -0.864. The van der Waals surface area contributed by atoms with Gasteiger partial charge in [-0.2, -0.15) is 29.9 Å². The molecule has 0 amide bonds. The van der Waals surface area contributed by atoms with Gasteiger partial charge in [0.1, 0.15) is 6.61 Å². The Morgan fingerprint density at radius 3 is 1.67 bits per heavy atom. The molecule has 11 nitrogen and oxygen atoms in total. The Bertz CT molecular complexity index is 1300. The molecule has 2 aromatic heterocycles. The van der Waals surface area contributed by atoms with Crippen LogP contribution in [0.15, 0.2) is 42.5 Å². The van der Waals surface area contributed by atoms with E-state index in [0.717, 1.165) is 5.56 Å². The zero-order valence-electron chi connectivity index (χ0n) is 18.0. The summed E-state index contributed by atoms with van der Waals surface area (Å²) in [6, 6.07) is 11.4. The van der Waals surface area contributed by atoms with Crippen LogP contribution in [0, 0.1) is 0 Å². The maximum atomic E-state index is 12.4. The number of nitrogens with zero attached hydrogens (tertiary/aromatic N) is 6. The van der Waals surface area contributed by atoms with E-state index in [1.807, 2.05) is 30.3 Å². The molecule has 184 valence electrons. The van der Waals surface area contributed by atoms with Crippen LogP contribution in [-0.4, -0.2) is 43.0 Å². The van der Waals surface area contributed by atoms with Gasteiger partial charge in [0.05, 0.1) is 12.7 Å². The Hall–Kier alpha value is -3.51. The highest BCUT2D eigenvalue weighted by Crippen LogP contribution is 2.43. The van der Waals surface area contributed by atoms with Crippen LogP contribution in [0.4, 0.5) is 0 Å². The predicted molar refractivity (Wildman–Crippen MR) is 128 cm³/mol. The van der Waals surface area contributed by atoms with Gasteiger partial charge in [-0.15, -0.1) is 0 Å². The molecular formula is C21H12Cl4N6O5. The molecule has 0 atom stereocenters. The van der Waals surface area contributed by atoms with Crippen LogP contribution in [0.5, 0.6) is 29.3 Å². The van der Waals surface area contributed by atoms with Crippen molar-refractivity contribution < 1.29 is 23.7 Å². The molecule has 0 unspecified atom stereocenters. The fourth-order valence-corrected chi connectivity index (χ4v) is 3.44. The normalized spacial score (nSPS) is 10.6. The van der Waals surface area contributed by atoms with Gasteiger partial charge >= 0.3 is 18.0 Å². The van der Waals surface area contributed by atoms with E-state index in [1.165, 1.54) is 19.2 Å². The summed E-state index contributed by atoms with van der Waals surface area (Å²) in [7, 11) is 1.21. The fourth-order valence-electron chi connectivity index (χ4n) is 2.74. The number of halogens is 4. The molecule has 4 aromatic rings. The van der Waals surface area contributed by atoms with Crippen molar-refractivity contribution in [2.24, 2.45) is 0 Å². The van der Waals surface area contributed by atoms with Crippen LogP contribution in [0.25, 0.3) is 0 Å². The zero-order chi connectivity index (χ0) is 25.7. The Morgan fingerprint density at radius 2 is 1.22 bits per heavy atom. The number of hydrogen-bond acceptors (Lipinski definition) is 11. The first-order valence-corrected chi connectivity index (χ1v) is 11.2. The average Bonchev–Trinajstić information content (AvgIpc) is 2.82. The van der Waals surface area contributed by atoms with Crippen LogP contribution in [0.2, 0.25) is 21.1 Å². The molecule has 0 fully saturated rings. The molecule has 36 heavy (non-hydrogen) atoms. The highest BCUT2D eigenvalue weighted by Gasteiger charge is 2.23. The lowest BCUT2D eigenvalue weighted by molar-refractivity contribution is 0.0599. The fraction of sp³-hybridized carbons (Fsp3) is 0.0952. The number of aromatic nitrogens is 6. The molecule has 15 heteroatoms. The molecule has 0 N–H and O–H groups in total. The third-order valence-corrected chi connectivity index (χ3v) is 4.87. The van der Waals surface area contributed by atoms with Gasteiger partial charge in [0, 0.05) is 0 Å². The quantitative estimate of drug-likeness (QED) is 0.245. The molecule has 0 radical (unpaired) electrons. The first kappa shape index (κ1) is 25.6. The SMILES string of the molecule is COC(=O)c1cc(Oc2nc(Cl)nc(Cl)n2)c(OCc2ccccc2)c(Oc2nc(Cl)nc(Cl)n2)c1. The molecule has 0 aliphatic carbocycles. The maximum Gasteiger partial charge on any atom is 0.338 e. The Morgan fingerprint density at radius 1 is 0.750 bits per heavy atom. The van der Waals surface area contributed by atoms with E-state index in [4.69, 9.17) is 65.4 Å². The number of esters is 1. The lowest BCUT2D eigenvalue weighted by atomic mass is 10.1. The highest BCUT2D eigenvalue weighted by atomic mass is 35.5. The Labute approximate surface area is 223 Å².